The molecule has 1 aromatic rings. The molecule has 0 bridgehead atoms. The number of hydrogen-bond acceptors (Lipinski definition) is 4. The first kappa shape index (κ1) is 17.5. The van der Waals surface area contributed by atoms with Crippen LogP contribution in [0.5, 0.6) is 0 Å². The van der Waals surface area contributed by atoms with E-state index in [-0.39, 0.29) is 24.3 Å². The molecule has 2 N–H and O–H groups in total. The quantitative estimate of drug-likeness (QED) is 0.833. The van der Waals surface area contributed by atoms with Crippen LogP contribution in [0.25, 0.3) is 0 Å². The van der Waals surface area contributed by atoms with Crippen molar-refractivity contribution in [2.45, 2.75) is 51.6 Å². The first-order valence-electron chi connectivity index (χ1n) is 7.83. The van der Waals surface area contributed by atoms with E-state index in [9.17, 15) is 14.4 Å². The number of nitrogens with one attached hydrogen (secondary N) is 1. The Kier molecular flexibility index (Phi) is 6.15. The van der Waals surface area contributed by atoms with Crippen molar-refractivity contribution in [3.8, 4) is 0 Å². The van der Waals surface area contributed by atoms with Crippen LogP contribution in [0, 0.1) is 0 Å². The number of aliphatic carboxylic acids is 1. The SMILES string of the molecule is CC(=O)NCc1ccc(C(=O)N2CCCCC2CCC(=O)O)s1. The third-order valence-electron chi connectivity index (χ3n) is 3.96. The minimum atomic E-state index is -0.823. The molecule has 0 aromatic carbocycles. The third kappa shape index (κ3) is 5.06. The molecular formula is C16H22N2O4S. The highest BCUT2D eigenvalue weighted by atomic mass is 32.1. The monoisotopic (exact) mass is 338 g/mol. The van der Waals surface area contributed by atoms with Gasteiger partial charge in [0, 0.05) is 30.8 Å². The summed E-state index contributed by atoms with van der Waals surface area (Å²) in [6.45, 7) is 2.57. The molecule has 23 heavy (non-hydrogen) atoms. The third-order valence-corrected chi connectivity index (χ3v) is 5.04. The van der Waals surface area contributed by atoms with Gasteiger partial charge >= 0.3 is 5.97 Å². The molecule has 0 radical (unpaired) electrons. The summed E-state index contributed by atoms with van der Waals surface area (Å²) in [5.74, 6) is -0.952. The van der Waals surface area contributed by atoms with Gasteiger partial charge in [0.25, 0.3) is 5.91 Å². The minimum absolute atomic E-state index is 0.00763. The van der Waals surface area contributed by atoms with E-state index in [4.69, 9.17) is 5.11 Å². The van der Waals surface area contributed by atoms with Gasteiger partial charge in [-0.3, -0.25) is 14.4 Å². The zero-order chi connectivity index (χ0) is 16.8. The van der Waals surface area contributed by atoms with E-state index in [0.717, 1.165) is 24.1 Å². The molecule has 2 heterocycles. The van der Waals surface area contributed by atoms with Crippen LogP contribution in [0.4, 0.5) is 0 Å². The number of thiophene rings is 1. The number of amides is 2. The summed E-state index contributed by atoms with van der Waals surface area (Å²) in [4.78, 5) is 37.8. The highest BCUT2D eigenvalue weighted by molar-refractivity contribution is 7.14. The van der Waals surface area contributed by atoms with Gasteiger partial charge in [0.1, 0.15) is 0 Å². The molecule has 7 heteroatoms. The van der Waals surface area contributed by atoms with Crippen LogP contribution in [-0.2, 0) is 16.1 Å². The largest absolute Gasteiger partial charge is 0.481 e. The zero-order valence-corrected chi connectivity index (χ0v) is 14.0. The van der Waals surface area contributed by atoms with Crippen LogP contribution in [0.1, 0.15) is 53.6 Å². The minimum Gasteiger partial charge on any atom is -0.481 e. The number of carbonyl (C=O) groups excluding carboxylic acids is 2. The summed E-state index contributed by atoms with van der Waals surface area (Å²) in [5.41, 5.74) is 0. The molecule has 1 unspecified atom stereocenters. The molecule has 1 aromatic heterocycles. The summed E-state index contributed by atoms with van der Waals surface area (Å²) >= 11 is 1.38. The van der Waals surface area contributed by atoms with Gasteiger partial charge in [-0.05, 0) is 37.8 Å². The maximum Gasteiger partial charge on any atom is 0.303 e. The number of carbonyl (C=O) groups is 3. The van der Waals surface area contributed by atoms with E-state index in [0.29, 0.717) is 24.4 Å². The Morgan fingerprint density at radius 1 is 1.35 bits per heavy atom. The van der Waals surface area contributed by atoms with Gasteiger partial charge in [0.2, 0.25) is 5.91 Å². The smallest absolute Gasteiger partial charge is 0.303 e. The summed E-state index contributed by atoms with van der Waals surface area (Å²) in [5, 5.41) is 11.6. The van der Waals surface area contributed by atoms with Crippen LogP contribution < -0.4 is 5.32 Å². The lowest BCUT2D eigenvalue weighted by Crippen LogP contribution is -2.43. The lowest BCUT2D eigenvalue weighted by atomic mass is 9.97. The second kappa shape index (κ2) is 8.10. The molecule has 1 saturated heterocycles. The van der Waals surface area contributed by atoms with Gasteiger partial charge in [-0.2, -0.15) is 0 Å². The standard InChI is InChI=1S/C16H22N2O4S/c1-11(19)17-10-13-6-7-14(23-13)16(22)18-9-3-2-4-12(18)5-8-15(20)21/h6-7,12H,2-5,8-10H2,1H3,(H,17,19)(H,20,21). The normalized spacial score (nSPS) is 17.8. The lowest BCUT2D eigenvalue weighted by Gasteiger charge is -2.35. The molecular weight excluding hydrogens is 316 g/mol. The van der Waals surface area contributed by atoms with Crippen molar-refractivity contribution in [3.63, 3.8) is 0 Å². The summed E-state index contributed by atoms with van der Waals surface area (Å²) in [7, 11) is 0. The average Bonchev–Trinajstić information content (AvgIpc) is 2.99. The molecule has 2 amide bonds. The number of piperidine rings is 1. The Morgan fingerprint density at radius 2 is 2.13 bits per heavy atom. The van der Waals surface area contributed by atoms with Gasteiger partial charge in [-0.1, -0.05) is 0 Å². The number of likely N-dealkylation sites (tertiary alicyclic amines) is 1. The second-order valence-corrected chi connectivity index (χ2v) is 6.92. The Labute approximate surface area is 139 Å². The Balaban J connectivity index is 2.01. The second-order valence-electron chi connectivity index (χ2n) is 5.76. The molecule has 0 saturated carbocycles. The Morgan fingerprint density at radius 3 is 2.83 bits per heavy atom. The molecule has 1 aliphatic rings. The van der Waals surface area contributed by atoms with Gasteiger partial charge in [-0.25, -0.2) is 0 Å². The summed E-state index contributed by atoms with van der Waals surface area (Å²) in [6, 6.07) is 3.64. The first-order chi connectivity index (χ1) is 11.0. The van der Waals surface area contributed by atoms with Crippen LogP contribution in [0.15, 0.2) is 12.1 Å². The molecule has 126 valence electrons. The van der Waals surface area contributed by atoms with Gasteiger partial charge in [-0.15, -0.1) is 11.3 Å². The predicted octanol–water partition coefficient (Wildman–Crippen LogP) is 2.24. The number of carboxylic acid groups (broad SMARTS) is 1. The predicted molar refractivity (Wildman–Crippen MR) is 87.4 cm³/mol. The molecule has 2 rings (SSSR count). The van der Waals surface area contributed by atoms with E-state index in [2.05, 4.69) is 5.32 Å². The first-order valence-corrected chi connectivity index (χ1v) is 8.65. The molecule has 0 spiro atoms. The molecule has 1 aliphatic heterocycles. The van der Waals surface area contributed by atoms with Crippen molar-refractivity contribution in [2.75, 3.05) is 6.54 Å². The number of nitrogens with zero attached hydrogens (tertiary/aromatic N) is 1. The fourth-order valence-electron chi connectivity index (χ4n) is 2.80. The van der Waals surface area contributed by atoms with E-state index in [1.165, 1.54) is 18.3 Å². The molecule has 1 atom stereocenters. The average molecular weight is 338 g/mol. The number of rotatable bonds is 6. The van der Waals surface area contributed by atoms with Crippen molar-refractivity contribution in [3.05, 3.63) is 21.9 Å². The topological polar surface area (TPSA) is 86.7 Å². The van der Waals surface area contributed by atoms with Crippen LogP contribution in [0.3, 0.4) is 0 Å². The molecule has 1 fully saturated rings. The Bertz CT molecular complexity index is 584. The van der Waals surface area contributed by atoms with Crippen molar-refractivity contribution in [1.82, 2.24) is 10.2 Å². The van der Waals surface area contributed by atoms with Crippen LogP contribution in [0.2, 0.25) is 0 Å². The molecule has 6 nitrogen and oxygen atoms in total. The fourth-order valence-corrected chi connectivity index (χ4v) is 3.70. The van der Waals surface area contributed by atoms with Crippen molar-refractivity contribution in [2.24, 2.45) is 0 Å². The Hall–Kier alpha value is -1.89. The van der Waals surface area contributed by atoms with E-state index in [1.807, 2.05) is 11.0 Å². The maximum absolute atomic E-state index is 12.7. The lowest BCUT2D eigenvalue weighted by molar-refractivity contribution is -0.137. The van der Waals surface area contributed by atoms with Gasteiger partial charge in [0.05, 0.1) is 11.4 Å². The van der Waals surface area contributed by atoms with Crippen molar-refractivity contribution < 1.29 is 19.5 Å². The van der Waals surface area contributed by atoms with Crippen molar-refractivity contribution >= 4 is 29.1 Å². The maximum atomic E-state index is 12.7. The highest BCUT2D eigenvalue weighted by Crippen LogP contribution is 2.26. The number of carboxylic acids is 1. The van der Waals surface area contributed by atoms with E-state index >= 15 is 0 Å². The summed E-state index contributed by atoms with van der Waals surface area (Å²) in [6.07, 6.45) is 3.45. The zero-order valence-electron chi connectivity index (χ0n) is 13.2. The van der Waals surface area contributed by atoms with Crippen molar-refractivity contribution in [1.29, 1.82) is 0 Å². The fraction of sp³-hybridized carbons (Fsp3) is 0.562. The van der Waals surface area contributed by atoms with Gasteiger partial charge in [0.15, 0.2) is 0 Å². The van der Waals surface area contributed by atoms with E-state index in [1.54, 1.807) is 6.07 Å². The summed E-state index contributed by atoms with van der Waals surface area (Å²) < 4.78 is 0. The van der Waals surface area contributed by atoms with E-state index < -0.39 is 5.97 Å². The van der Waals surface area contributed by atoms with Crippen LogP contribution >= 0.6 is 11.3 Å². The highest BCUT2D eigenvalue weighted by Gasteiger charge is 2.28. The van der Waals surface area contributed by atoms with Crippen LogP contribution in [-0.4, -0.2) is 40.4 Å². The number of hydrogen-bond donors (Lipinski definition) is 2. The van der Waals surface area contributed by atoms with Gasteiger partial charge < -0.3 is 15.3 Å². The molecule has 0 aliphatic carbocycles.